The molecule has 0 aliphatic heterocycles. The van der Waals surface area contributed by atoms with E-state index in [4.69, 9.17) is 5.73 Å². The van der Waals surface area contributed by atoms with Crippen molar-refractivity contribution in [3.05, 3.63) is 35.9 Å². The third-order valence-electron chi connectivity index (χ3n) is 3.57. The molecule has 0 heterocycles. The van der Waals surface area contributed by atoms with E-state index in [-0.39, 0.29) is 5.91 Å². The van der Waals surface area contributed by atoms with Crippen LogP contribution in [0.15, 0.2) is 30.3 Å². The average molecular weight is 261 g/mol. The molecule has 0 saturated heterocycles. The van der Waals surface area contributed by atoms with Gasteiger partial charge in [0.2, 0.25) is 5.91 Å². The predicted octanol–water partition coefficient (Wildman–Crippen LogP) is 0.767. The summed E-state index contributed by atoms with van der Waals surface area (Å²) in [5.41, 5.74) is 7.01. The van der Waals surface area contributed by atoms with Crippen LogP contribution in [0.25, 0.3) is 0 Å². The normalized spacial score (nSPS) is 16.4. The van der Waals surface area contributed by atoms with Gasteiger partial charge in [-0.15, -0.1) is 0 Å². The Morgan fingerprint density at radius 3 is 2.74 bits per heavy atom. The van der Waals surface area contributed by atoms with E-state index in [2.05, 4.69) is 17.3 Å². The first-order chi connectivity index (χ1) is 9.16. The summed E-state index contributed by atoms with van der Waals surface area (Å²) in [4.78, 5) is 14.2. The van der Waals surface area contributed by atoms with Gasteiger partial charge >= 0.3 is 0 Å². The van der Waals surface area contributed by atoms with E-state index in [9.17, 15) is 4.79 Å². The summed E-state index contributed by atoms with van der Waals surface area (Å²) in [6.45, 7) is 1.57. The molecule has 1 atom stereocenters. The highest BCUT2D eigenvalue weighted by molar-refractivity contribution is 5.81. The highest BCUT2D eigenvalue weighted by Crippen LogP contribution is 2.24. The topological polar surface area (TPSA) is 58.4 Å². The largest absolute Gasteiger partial charge is 0.353 e. The standard InChI is InChI=1S/C15H23N3O/c1-18(13-7-8-13)10-9-17-15(19)14(16)11-12-5-3-2-4-6-12/h2-6,13-14H,7-11,16H2,1H3,(H,17,19)/t14-/m1/s1. The second kappa shape index (κ2) is 6.68. The number of likely N-dealkylation sites (N-methyl/N-ethyl adjacent to an activating group) is 1. The maximum Gasteiger partial charge on any atom is 0.237 e. The van der Waals surface area contributed by atoms with E-state index in [1.165, 1.54) is 12.8 Å². The molecule has 3 N–H and O–H groups in total. The van der Waals surface area contributed by atoms with Crippen LogP contribution >= 0.6 is 0 Å². The Labute approximate surface area is 115 Å². The third kappa shape index (κ3) is 4.65. The molecule has 1 amide bonds. The van der Waals surface area contributed by atoms with Crippen LogP contribution in [-0.4, -0.2) is 43.0 Å². The summed E-state index contributed by atoms with van der Waals surface area (Å²) in [6.07, 6.45) is 3.17. The van der Waals surface area contributed by atoms with Crippen molar-refractivity contribution in [2.45, 2.75) is 31.3 Å². The van der Waals surface area contributed by atoms with E-state index < -0.39 is 6.04 Å². The van der Waals surface area contributed by atoms with Crippen LogP contribution in [0.3, 0.4) is 0 Å². The number of nitrogens with zero attached hydrogens (tertiary/aromatic N) is 1. The van der Waals surface area contributed by atoms with Gasteiger partial charge in [0.1, 0.15) is 0 Å². The van der Waals surface area contributed by atoms with Crippen molar-refractivity contribution in [3.8, 4) is 0 Å². The minimum atomic E-state index is -0.464. The maximum atomic E-state index is 11.9. The zero-order chi connectivity index (χ0) is 13.7. The lowest BCUT2D eigenvalue weighted by atomic mass is 10.1. The summed E-state index contributed by atoms with van der Waals surface area (Å²) >= 11 is 0. The Hall–Kier alpha value is -1.39. The SMILES string of the molecule is CN(CCNC(=O)[C@H](N)Cc1ccccc1)C1CC1. The van der Waals surface area contributed by atoms with Gasteiger partial charge in [0.15, 0.2) is 0 Å². The number of benzene rings is 1. The van der Waals surface area contributed by atoms with Crippen LogP contribution in [0.4, 0.5) is 0 Å². The van der Waals surface area contributed by atoms with Crippen LogP contribution in [0.1, 0.15) is 18.4 Å². The first kappa shape index (κ1) is 14.0. The number of hydrogen-bond acceptors (Lipinski definition) is 3. The highest BCUT2D eigenvalue weighted by Gasteiger charge is 2.25. The lowest BCUT2D eigenvalue weighted by molar-refractivity contribution is -0.122. The summed E-state index contributed by atoms with van der Waals surface area (Å²) in [6, 6.07) is 10.1. The van der Waals surface area contributed by atoms with Crippen molar-refractivity contribution in [1.82, 2.24) is 10.2 Å². The average Bonchev–Trinajstić information content (AvgIpc) is 3.24. The number of hydrogen-bond donors (Lipinski definition) is 2. The van der Waals surface area contributed by atoms with Crippen molar-refractivity contribution in [3.63, 3.8) is 0 Å². The number of carbonyl (C=O) groups excluding carboxylic acids is 1. The van der Waals surface area contributed by atoms with Crippen LogP contribution < -0.4 is 11.1 Å². The van der Waals surface area contributed by atoms with Crippen LogP contribution in [0.5, 0.6) is 0 Å². The van der Waals surface area contributed by atoms with Crippen LogP contribution in [-0.2, 0) is 11.2 Å². The lowest BCUT2D eigenvalue weighted by Gasteiger charge is -2.17. The number of nitrogens with one attached hydrogen (secondary N) is 1. The zero-order valence-electron chi connectivity index (χ0n) is 11.5. The monoisotopic (exact) mass is 261 g/mol. The second-order valence-corrected chi connectivity index (χ2v) is 5.30. The Bertz CT molecular complexity index is 403. The molecule has 0 bridgehead atoms. The zero-order valence-corrected chi connectivity index (χ0v) is 11.5. The molecule has 0 unspecified atom stereocenters. The van der Waals surface area contributed by atoms with Gasteiger partial charge in [0, 0.05) is 19.1 Å². The van der Waals surface area contributed by atoms with Gasteiger partial charge in [0.05, 0.1) is 6.04 Å². The van der Waals surface area contributed by atoms with E-state index in [1.807, 2.05) is 30.3 Å². The Morgan fingerprint density at radius 2 is 2.11 bits per heavy atom. The molecule has 4 heteroatoms. The third-order valence-corrected chi connectivity index (χ3v) is 3.57. The van der Waals surface area contributed by atoms with Crippen molar-refractivity contribution in [2.75, 3.05) is 20.1 Å². The molecule has 1 aliphatic rings. The second-order valence-electron chi connectivity index (χ2n) is 5.30. The van der Waals surface area contributed by atoms with Crippen molar-refractivity contribution in [2.24, 2.45) is 5.73 Å². The van der Waals surface area contributed by atoms with E-state index in [0.717, 1.165) is 18.2 Å². The predicted molar refractivity (Wildman–Crippen MR) is 76.8 cm³/mol. The minimum absolute atomic E-state index is 0.0620. The number of amides is 1. The van der Waals surface area contributed by atoms with Crippen molar-refractivity contribution in [1.29, 1.82) is 0 Å². The smallest absolute Gasteiger partial charge is 0.237 e. The Balaban J connectivity index is 1.67. The van der Waals surface area contributed by atoms with Crippen molar-refractivity contribution >= 4 is 5.91 Å². The minimum Gasteiger partial charge on any atom is -0.353 e. The van der Waals surface area contributed by atoms with Crippen LogP contribution in [0.2, 0.25) is 0 Å². The Morgan fingerprint density at radius 1 is 1.42 bits per heavy atom. The molecule has 1 aromatic carbocycles. The maximum absolute atomic E-state index is 11.9. The Kier molecular flexibility index (Phi) is 4.93. The lowest BCUT2D eigenvalue weighted by Crippen LogP contribution is -2.44. The van der Waals surface area contributed by atoms with Gasteiger partial charge in [-0.2, -0.15) is 0 Å². The molecule has 0 radical (unpaired) electrons. The quantitative estimate of drug-likeness (QED) is 0.762. The number of carbonyl (C=O) groups is 1. The first-order valence-corrected chi connectivity index (χ1v) is 6.94. The van der Waals surface area contributed by atoms with Gasteiger partial charge in [-0.3, -0.25) is 4.79 Å². The fourth-order valence-electron chi connectivity index (χ4n) is 2.15. The molecule has 1 aromatic rings. The van der Waals surface area contributed by atoms with Crippen molar-refractivity contribution < 1.29 is 4.79 Å². The summed E-state index contributed by atoms with van der Waals surface area (Å²) < 4.78 is 0. The molecule has 104 valence electrons. The molecular formula is C15H23N3O. The molecular weight excluding hydrogens is 238 g/mol. The molecule has 0 spiro atoms. The summed E-state index contributed by atoms with van der Waals surface area (Å²) in [5, 5.41) is 2.91. The molecule has 0 aromatic heterocycles. The van der Waals surface area contributed by atoms with E-state index in [1.54, 1.807) is 0 Å². The molecule has 19 heavy (non-hydrogen) atoms. The van der Waals surface area contributed by atoms with Gasteiger partial charge in [-0.25, -0.2) is 0 Å². The van der Waals surface area contributed by atoms with Crippen LogP contribution in [0, 0.1) is 0 Å². The van der Waals surface area contributed by atoms with E-state index in [0.29, 0.717) is 13.0 Å². The molecule has 1 fully saturated rings. The molecule has 1 aliphatic carbocycles. The molecule has 1 saturated carbocycles. The first-order valence-electron chi connectivity index (χ1n) is 6.94. The van der Waals surface area contributed by atoms with Gasteiger partial charge < -0.3 is 16.0 Å². The number of nitrogens with two attached hydrogens (primary N) is 1. The molecule has 4 nitrogen and oxygen atoms in total. The fraction of sp³-hybridized carbons (Fsp3) is 0.533. The number of rotatable bonds is 7. The highest BCUT2D eigenvalue weighted by atomic mass is 16.2. The van der Waals surface area contributed by atoms with Gasteiger partial charge in [-0.1, -0.05) is 30.3 Å². The van der Waals surface area contributed by atoms with E-state index >= 15 is 0 Å². The van der Waals surface area contributed by atoms with Gasteiger partial charge in [0.25, 0.3) is 0 Å². The molecule has 2 rings (SSSR count). The summed E-state index contributed by atoms with van der Waals surface area (Å²) in [7, 11) is 2.10. The van der Waals surface area contributed by atoms with Gasteiger partial charge in [-0.05, 0) is 31.9 Å². The fourth-order valence-corrected chi connectivity index (χ4v) is 2.15. The summed E-state index contributed by atoms with van der Waals surface area (Å²) in [5.74, 6) is -0.0620.